The van der Waals surface area contributed by atoms with E-state index in [1.807, 2.05) is 11.8 Å². The lowest BCUT2D eigenvalue weighted by Crippen LogP contribution is -2.41. The van der Waals surface area contributed by atoms with E-state index in [1.54, 1.807) is 0 Å². The molecule has 0 radical (unpaired) electrons. The van der Waals surface area contributed by atoms with Crippen molar-refractivity contribution in [2.45, 2.75) is 31.3 Å². The topological polar surface area (TPSA) is 46.2 Å². The normalized spacial score (nSPS) is 37.1. The Balaban J connectivity index is 1.80. The van der Waals surface area contributed by atoms with Gasteiger partial charge in [-0.1, -0.05) is 0 Å². The van der Waals surface area contributed by atoms with Crippen molar-refractivity contribution in [2.24, 2.45) is 0 Å². The number of nitrogens with one attached hydrogen (secondary N) is 1. The minimum atomic E-state index is -2.72. The highest BCUT2D eigenvalue weighted by molar-refractivity contribution is 7.99. The average molecular weight is 235 g/mol. The summed E-state index contributed by atoms with van der Waals surface area (Å²) >= 11 is 1.97. The number of hydrogen-bond donors (Lipinski definition) is 1. The largest absolute Gasteiger partial charge is 0.309 e. The molecule has 2 atom stereocenters. The molecule has 2 rings (SSSR count). The van der Waals surface area contributed by atoms with E-state index in [2.05, 4.69) is 5.32 Å². The molecule has 3 nitrogen and oxygen atoms in total. The predicted molar refractivity (Wildman–Crippen MR) is 60.5 cm³/mol. The van der Waals surface area contributed by atoms with Crippen LogP contribution in [0.1, 0.15) is 19.3 Å². The summed E-state index contributed by atoms with van der Waals surface area (Å²) in [4.78, 5) is 0. The predicted octanol–water partition coefficient (Wildman–Crippen LogP) is 0.659. The first-order valence-electron chi connectivity index (χ1n) is 5.20. The molecule has 5 heteroatoms. The maximum absolute atomic E-state index is 11.2. The minimum absolute atomic E-state index is 0.226. The van der Waals surface area contributed by atoms with Crippen molar-refractivity contribution in [1.29, 1.82) is 0 Å². The van der Waals surface area contributed by atoms with E-state index in [0.29, 0.717) is 17.5 Å². The van der Waals surface area contributed by atoms with Crippen LogP contribution in [0.25, 0.3) is 0 Å². The fraction of sp³-hybridized carbons (Fsp3) is 1.00. The lowest BCUT2D eigenvalue weighted by atomic mass is 10.1. The summed E-state index contributed by atoms with van der Waals surface area (Å²) in [5.74, 6) is 3.15. The zero-order valence-electron chi connectivity index (χ0n) is 8.24. The molecule has 0 spiro atoms. The highest BCUT2D eigenvalue weighted by atomic mass is 32.2. The molecule has 2 saturated heterocycles. The summed E-state index contributed by atoms with van der Waals surface area (Å²) in [6, 6.07) is 0.774. The number of rotatable bonds is 2. The highest BCUT2D eigenvalue weighted by Crippen LogP contribution is 2.19. The second-order valence-corrected chi connectivity index (χ2v) is 7.56. The Hall–Kier alpha value is 0.260. The Morgan fingerprint density at radius 1 is 1.21 bits per heavy atom. The third-order valence-electron chi connectivity index (χ3n) is 2.86. The van der Waals surface area contributed by atoms with Crippen LogP contribution in [-0.4, -0.2) is 43.5 Å². The Morgan fingerprint density at radius 3 is 2.64 bits per heavy atom. The van der Waals surface area contributed by atoms with Gasteiger partial charge in [-0.25, -0.2) is 8.42 Å². The van der Waals surface area contributed by atoms with Crippen LogP contribution in [0, 0.1) is 0 Å². The molecule has 14 heavy (non-hydrogen) atoms. The quantitative estimate of drug-likeness (QED) is 0.764. The maximum atomic E-state index is 11.2. The van der Waals surface area contributed by atoms with Crippen LogP contribution in [-0.2, 0) is 9.84 Å². The molecular formula is C9H17NO2S2. The van der Waals surface area contributed by atoms with Gasteiger partial charge in [-0.15, -0.1) is 0 Å². The fourth-order valence-corrected chi connectivity index (χ4v) is 4.90. The second-order valence-electron chi connectivity index (χ2n) is 4.18. The summed E-state index contributed by atoms with van der Waals surface area (Å²) in [6.07, 6.45) is 3.29. The molecule has 0 amide bonds. The first-order chi connectivity index (χ1) is 6.66. The number of thioether (sulfide) groups is 1. The molecule has 2 aliphatic rings. The molecule has 2 fully saturated rings. The van der Waals surface area contributed by atoms with E-state index in [4.69, 9.17) is 0 Å². The van der Waals surface area contributed by atoms with Crippen molar-refractivity contribution in [2.75, 3.05) is 23.0 Å². The monoisotopic (exact) mass is 235 g/mol. The van der Waals surface area contributed by atoms with Gasteiger partial charge in [-0.05, 0) is 25.0 Å². The molecule has 1 N–H and O–H groups in total. The van der Waals surface area contributed by atoms with Crippen molar-refractivity contribution in [1.82, 2.24) is 5.32 Å². The van der Waals surface area contributed by atoms with Gasteiger partial charge in [0.2, 0.25) is 0 Å². The molecule has 0 aromatic rings. The molecule has 2 heterocycles. The summed E-state index contributed by atoms with van der Waals surface area (Å²) in [7, 11) is -2.72. The van der Waals surface area contributed by atoms with Crippen LogP contribution in [0.2, 0.25) is 0 Å². The van der Waals surface area contributed by atoms with Gasteiger partial charge < -0.3 is 5.32 Å². The average Bonchev–Trinajstić information content (AvgIpc) is 2.47. The Kier molecular flexibility index (Phi) is 3.39. The fourth-order valence-electron chi connectivity index (χ4n) is 2.13. The van der Waals surface area contributed by atoms with E-state index >= 15 is 0 Å². The maximum Gasteiger partial charge on any atom is 0.151 e. The van der Waals surface area contributed by atoms with Crippen LogP contribution in [0.4, 0.5) is 0 Å². The molecule has 0 saturated carbocycles. The van der Waals surface area contributed by atoms with Crippen LogP contribution in [0.5, 0.6) is 0 Å². The summed E-state index contributed by atoms with van der Waals surface area (Å²) in [6.45, 7) is 0. The van der Waals surface area contributed by atoms with Gasteiger partial charge in [0.25, 0.3) is 0 Å². The standard InChI is InChI=1S/C9H17NO2S2/c11-14(12)5-3-9(7-14)10-8-2-1-4-13-6-8/h8-10H,1-7H2. The summed E-state index contributed by atoms with van der Waals surface area (Å²) < 4.78 is 22.5. The number of sulfone groups is 1. The van der Waals surface area contributed by atoms with E-state index in [1.165, 1.54) is 18.6 Å². The molecule has 82 valence electrons. The molecular weight excluding hydrogens is 218 g/mol. The first kappa shape index (κ1) is 10.8. The van der Waals surface area contributed by atoms with Crippen LogP contribution in [0.3, 0.4) is 0 Å². The number of hydrogen-bond acceptors (Lipinski definition) is 4. The van der Waals surface area contributed by atoms with E-state index in [0.717, 1.165) is 12.2 Å². The van der Waals surface area contributed by atoms with E-state index in [9.17, 15) is 8.42 Å². The highest BCUT2D eigenvalue weighted by Gasteiger charge is 2.29. The molecule has 0 aromatic heterocycles. The van der Waals surface area contributed by atoms with Gasteiger partial charge in [0.15, 0.2) is 9.84 Å². The molecule has 0 bridgehead atoms. The van der Waals surface area contributed by atoms with E-state index < -0.39 is 9.84 Å². The van der Waals surface area contributed by atoms with Crippen LogP contribution in [0.15, 0.2) is 0 Å². The first-order valence-corrected chi connectivity index (χ1v) is 8.17. The van der Waals surface area contributed by atoms with E-state index in [-0.39, 0.29) is 6.04 Å². The van der Waals surface area contributed by atoms with Gasteiger partial charge >= 0.3 is 0 Å². The van der Waals surface area contributed by atoms with Crippen molar-refractivity contribution >= 4 is 21.6 Å². The third-order valence-corrected chi connectivity index (χ3v) is 5.85. The SMILES string of the molecule is O=S1(=O)CCC(NC2CCCSC2)C1. The van der Waals surface area contributed by atoms with Crippen molar-refractivity contribution in [3.8, 4) is 0 Å². The Labute approximate surface area is 89.9 Å². The van der Waals surface area contributed by atoms with Crippen molar-refractivity contribution < 1.29 is 8.42 Å². The van der Waals surface area contributed by atoms with Crippen LogP contribution < -0.4 is 5.32 Å². The molecule has 0 aliphatic carbocycles. The van der Waals surface area contributed by atoms with Gasteiger partial charge in [-0.2, -0.15) is 11.8 Å². The Bertz CT molecular complexity index is 283. The van der Waals surface area contributed by atoms with Gasteiger partial charge in [0.1, 0.15) is 0 Å². The second kappa shape index (κ2) is 4.41. The van der Waals surface area contributed by atoms with Crippen molar-refractivity contribution in [3.05, 3.63) is 0 Å². The van der Waals surface area contributed by atoms with Gasteiger partial charge in [0.05, 0.1) is 11.5 Å². The lowest BCUT2D eigenvalue weighted by Gasteiger charge is -2.25. The third kappa shape index (κ3) is 2.87. The summed E-state index contributed by atoms with van der Waals surface area (Å²) in [5, 5.41) is 3.47. The molecule has 2 unspecified atom stereocenters. The summed E-state index contributed by atoms with van der Waals surface area (Å²) in [5.41, 5.74) is 0. The van der Waals surface area contributed by atoms with Crippen molar-refractivity contribution in [3.63, 3.8) is 0 Å². The minimum Gasteiger partial charge on any atom is -0.309 e. The zero-order chi connectivity index (χ0) is 10.0. The van der Waals surface area contributed by atoms with Gasteiger partial charge in [-0.3, -0.25) is 0 Å². The lowest BCUT2D eigenvalue weighted by molar-refractivity contribution is 0.447. The Morgan fingerprint density at radius 2 is 2.07 bits per heavy atom. The zero-order valence-corrected chi connectivity index (χ0v) is 9.87. The smallest absolute Gasteiger partial charge is 0.151 e. The van der Waals surface area contributed by atoms with Gasteiger partial charge in [0, 0.05) is 17.8 Å². The molecule has 2 aliphatic heterocycles. The van der Waals surface area contributed by atoms with Crippen LogP contribution >= 0.6 is 11.8 Å². The molecule has 0 aromatic carbocycles.